The van der Waals surface area contributed by atoms with Gasteiger partial charge in [0.05, 0.1) is 47.4 Å². The van der Waals surface area contributed by atoms with E-state index in [9.17, 15) is 29.1 Å². The van der Waals surface area contributed by atoms with Gasteiger partial charge in [-0.25, -0.2) is 9.78 Å². The number of alkyl halides is 1. The van der Waals surface area contributed by atoms with E-state index in [4.69, 9.17) is 16.3 Å². The molecule has 4 amide bonds. The second-order valence-corrected chi connectivity index (χ2v) is 24.5. The van der Waals surface area contributed by atoms with Gasteiger partial charge in [-0.15, -0.1) is 22.9 Å². The van der Waals surface area contributed by atoms with Crippen LogP contribution in [0.4, 0.5) is 0 Å². The summed E-state index contributed by atoms with van der Waals surface area (Å²) >= 11 is 7.74. The van der Waals surface area contributed by atoms with Crippen molar-refractivity contribution >= 4 is 63.4 Å². The maximum absolute atomic E-state index is 14.1. The molecule has 17 heteroatoms. The number of nitrogens with zero attached hydrogens (tertiary/aromatic N) is 5. The number of aryl methyl sites for hydroxylation is 1. The Morgan fingerprint density at radius 3 is 2.09 bits per heavy atom. The van der Waals surface area contributed by atoms with Gasteiger partial charge in [0.1, 0.15) is 18.0 Å². The van der Waals surface area contributed by atoms with Gasteiger partial charge in [-0.3, -0.25) is 24.1 Å². The Balaban J connectivity index is 0.670. The van der Waals surface area contributed by atoms with Crippen LogP contribution in [0.15, 0.2) is 78.3 Å². The van der Waals surface area contributed by atoms with Crippen molar-refractivity contribution in [1.29, 1.82) is 0 Å². The van der Waals surface area contributed by atoms with Gasteiger partial charge in [-0.05, 0) is 85.6 Å². The molecule has 8 rings (SSSR count). The predicted molar refractivity (Wildman–Crippen MR) is 318 cm³/mol. The zero-order chi connectivity index (χ0) is 56.9. The summed E-state index contributed by atoms with van der Waals surface area (Å²) in [5.41, 5.74) is 8.60. The number of fused-ring (bicyclic) bond motifs is 3. The second kappa shape index (κ2) is 28.4. The molecule has 15 nitrogen and oxygen atoms in total. The van der Waals surface area contributed by atoms with E-state index in [0.717, 1.165) is 94.9 Å². The Bertz CT molecular complexity index is 2860. The molecule has 3 aromatic carbocycles. The van der Waals surface area contributed by atoms with E-state index in [1.54, 1.807) is 16.2 Å². The Hall–Kier alpha value is -5.65. The smallest absolute Gasteiger partial charge is 0.328 e. The highest BCUT2D eigenvalue weighted by Gasteiger charge is 2.45. The average molecular weight is 1130 g/mol. The fourth-order valence-electron chi connectivity index (χ4n) is 12.1. The fourth-order valence-corrected chi connectivity index (χ4v) is 13.1. The van der Waals surface area contributed by atoms with Crippen LogP contribution in [0.2, 0.25) is 0 Å². The number of thiazole rings is 1. The molecule has 2 saturated heterocycles. The molecule has 0 unspecified atom stereocenters. The van der Waals surface area contributed by atoms with Crippen molar-refractivity contribution in [1.82, 2.24) is 40.2 Å². The number of unbranched alkanes of at least 4 members (excludes halogenated alkanes) is 11. The largest absolute Gasteiger partial charge is 0.467 e. The van der Waals surface area contributed by atoms with E-state index >= 15 is 0 Å². The van der Waals surface area contributed by atoms with E-state index in [1.807, 2.05) is 84.9 Å². The molecule has 0 bridgehead atoms. The Morgan fingerprint density at radius 1 is 0.838 bits per heavy atom. The van der Waals surface area contributed by atoms with Crippen LogP contribution in [0.1, 0.15) is 162 Å². The van der Waals surface area contributed by atoms with Gasteiger partial charge in [0, 0.05) is 67.7 Å². The number of H-pyrrole nitrogens is 1. The van der Waals surface area contributed by atoms with Crippen LogP contribution in [-0.4, -0.2) is 147 Å². The van der Waals surface area contributed by atoms with Crippen molar-refractivity contribution in [2.45, 2.75) is 161 Å². The highest BCUT2D eigenvalue weighted by molar-refractivity contribution is 7.13. The lowest BCUT2D eigenvalue weighted by Crippen LogP contribution is -2.56. The van der Waals surface area contributed by atoms with Gasteiger partial charge in [0.2, 0.25) is 17.7 Å². The lowest BCUT2D eigenvalue weighted by atomic mass is 9.85. The van der Waals surface area contributed by atoms with Crippen molar-refractivity contribution in [2.24, 2.45) is 5.41 Å². The van der Waals surface area contributed by atoms with Gasteiger partial charge in [-0.2, -0.15) is 0 Å². The molecule has 5 aromatic rings. The van der Waals surface area contributed by atoms with Crippen molar-refractivity contribution in [3.8, 4) is 10.4 Å². The lowest BCUT2D eigenvalue weighted by Gasteiger charge is -2.40. The Labute approximate surface area is 482 Å². The zero-order valence-corrected chi connectivity index (χ0v) is 49.5. The standard InChI is InChI=1S/C63H85ClN8O7S/c1-42(44-23-27-46(28-24-44)57-43(2)66-41-80-57)67-59(75)52-37-48(73)40-71(52)61(77)58(63(3,4)5)65-31-19-15-13-11-9-7-8-10-12-14-16-20-32-69-33-35-70(36-34-69)60(76)47-29-25-45(26-30-47)56-55-50(49-21-17-18-22-51(49)68-55)38-53(62(78)79-6)72(56)54(74)39-64/h17-18,21-30,41-42,48,52-53,56,58,65,68,73H,7-16,19-20,31-40H2,1-6H3,(H,67,75)/t42-,48+,52-,53+,56-,58+/m0/s1. The number of benzene rings is 3. The summed E-state index contributed by atoms with van der Waals surface area (Å²) < 4.78 is 5.18. The quantitative estimate of drug-likeness (QED) is 0.0250. The molecule has 2 fully saturated rings. The number of carbonyl (C=O) groups is 5. The molecule has 0 radical (unpaired) electrons. The molecule has 3 aliphatic heterocycles. The number of methoxy groups -OCH3 is 1. The first-order valence-electron chi connectivity index (χ1n) is 29.3. The summed E-state index contributed by atoms with van der Waals surface area (Å²) in [5.74, 6) is -1.53. The number of nitrogens with one attached hydrogen (secondary N) is 3. The van der Waals surface area contributed by atoms with Gasteiger partial charge in [0.15, 0.2) is 0 Å². The average Bonchev–Trinajstić information content (AvgIpc) is 4.36. The molecule has 0 spiro atoms. The number of ether oxygens (including phenoxy) is 1. The molecule has 4 N–H and O–H groups in total. The number of aromatic nitrogens is 2. The molecular weight excluding hydrogens is 1050 g/mol. The third-order valence-electron chi connectivity index (χ3n) is 16.6. The summed E-state index contributed by atoms with van der Waals surface area (Å²) in [6.45, 7) is 15.1. The molecule has 0 saturated carbocycles. The van der Waals surface area contributed by atoms with Crippen molar-refractivity contribution < 1.29 is 33.8 Å². The number of halogens is 1. The van der Waals surface area contributed by atoms with E-state index in [2.05, 4.69) is 58.4 Å². The SMILES string of the molecule is COC(=O)[C@H]1Cc2c([nH]c3ccccc23)[C@H](c2ccc(C(=O)N3CCN(CCCCCCCCCCCCCCN[C@H](C(=O)N4C[C@H](O)C[C@H]4C(=O)N[C@@H](C)c4ccc(-c5scnc5C)cc4)C(C)(C)C)CC3)cc2)N1C(=O)CCl. The number of hydrogen-bond donors (Lipinski definition) is 4. The number of esters is 1. The summed E-state index contributed by atoms with van der Waals surface area (Å²) in [6.07, 6.45) is 14.2. The molecule has 2 aromatic heterocycles. The number of aliphatic hydroxyl groups excluding tert-OH is 1. The van der Waals surface area contributed by atoms with Crippen molar-refractivity contribution in [3.63, 3.8) is 0 Å². The lowest BCUT2D eigenvalue weighted by molar-refractivity contribution is -0.154. The fraction of sp³-hybridized carbons (Fsp3) is 0.556. The van der Waals surface area contributed by atoms with Crippen LogP contribution in [0, 0.1) is 12.3 Å². The van der Waals surface area contributed by atoms with Crippen LogP contribution in [0.5, 0.6) is 0 Å². The predicted octanol–water partition coefficient (Wildman–Crippen LogP) is 10.1. The molecule has 5 heterocycles. The third kappa shape index (κ3) is 14.9. The number of carbonyl (C=O) groups excluding carboxylic acids is 5. The number of aromatic amines is 1. The highest BCUT2D eigenvalue weighted by atomic mass is 35.5. The Kier molecular flexibility index (Phi) is 21.4. The van der Waals surface area contributed by atoms with Gasteiger partial charge in [-0.1, -0.05) is 140 Å². The first kappa shape index (κ1) is 60.4. The zero-order valence-electron chi connectivity index (χ0n) is 47.9. The first-order valence-corrected chi connectivity index (χ1v) is 30.7. The molecular formula is C63H85ClN8O7S. The molecule has 0 aliphatic carbocycles. The van der Waals surface area contributed by atoms with Gasteiger partial charge >= 0.3 is 5.97 Å². The number of hydrogen-bond acceptors (Lipinski definition) is 11. The van der Waals surface area contributed by atoms with Gasteiger partial charge in [0.25, 0.3) is 5.91 Å². The van der Waals surface area contributed by atoms with Crippen LogP contribution in [0.3, 0.4) is 0 Å². The van der Waals surface area contributed by atoms with Crippen molar-refractivity contribution in [2.75, 3.05) is 58.8 Å². The number of piperazine rings is 1. The minimum absolute atomic E-state index is 0.00797. The summed E-state index contributed by atoms with van der Waals surface area (Å²) in [4.78, 5) is 84.7. The minimum Gasteiger partial charge on any atom is -0.467 e. The summed E-state index contributed by atoms with van der Waals surface area (Å²) in [7, 11) is 1.33. The molecule has 432 valence electrons. The highest BCUT2D eigenvalue weighted by Crippen LogP contribution is 2.42. The van der Waals surface area contributed by atoms with E-state index in [1.165, 1.54) is 69.8 Å². The van der Waals surface area contributed by atoms with Crippen LogP contribution < -0.4 is 10.6 Å². The minimum atomic E-state index is -0.846. The van der Waals surface area contributed by atoms with E-state index in [-0.39, 0.29) is 53.9 Å². The Morgan fingerprint density at radius 2 is 1.48 bits per heavy atom. The van der Waals surface area contributed by atoms with E-state index in [0.29, 0.717) is 25.1 Å². The van der Waals surface area contributed by atoms with Gasteiger partial charge < -0.3 is 40.2 Å². The maximum Gasteiger partial charge on any atom is 0.328 e. The maximum atomic E-state index is 14.1. The first-order chi connectivity index (χ1) is 38.6. The number of amides is 4. The number of para-hydroxylation sites is 1. The van der Waals surface area contributed by atoms with Crippen molar-refractivity contribution in [3.05, 3.63) is 112 Å². The number of rotatable bonds is 25. The number of aliphatic hydroxyl groups is 1. The van der Waals surface area contributed by atoms with Crippen LogP contribution >= 0.6 is 22.9 Å². The second-order valence-electron chi connectivity index (χ2n) is 23.4. The summed E-state index contributed by atoms with van der Waals surface area (Å²) in [6, 6.07) is 20.5. The van der Waals surface area contributed by atoms with Crippen LogP contribution in [-0.2, 0) is 30.3 Å². The normalized spacial score (nSPS) is 19.5. The molecule has 80 heavy (non-hydrogen) atoms. The molecule has 6 atom stereocenters. The molecule has 3 aliphatic rings. The summed E-state index contributed by atoms with van der Waals surface area (Å²) in [5, 5.41) is 18.4. The van der Waals surface area contributed by atoms with E-state index < -0.39 is 36.2 Å². The number of likely N-dealkylation sites (tertiary alicyclic amines) is 1. The topological polar surface area (TPSA) is 181 Å². The number of β-amino-alcohol motifs (C(OH)–C–C–N with tert-alkyl or cyclic N) is 1. The third-order valence-corrected chi connectivity index (χ3v) is 17.9. The van der Waals surface area contributed by atoms with Crippen LogP contribution in [0.25, 0.3) is 21.3 Å². The monoisotopic (exact) mass is 1130 g/mol.